The summed E-state index contributed by atoms with van der Waals surface area (Å²) in [7, 11) is 0. The number of hydrogen-bond donors (Lipinski definition) is 2. The second kappa shape index (κ2) is 5.43. The monoisotopic (exact) mass is 316 g/mol. The number of benzene rings is 1. The third kappa shape index (κ3) is 2.29. The highest BCUT2D eigenvalue weighted by Crippen LogP contribution is 2.36. The lowest BCUT2D eigenvalue weighted by Crippen LogP contribution is -2.05. The van der Waals surface area contributed by atoms with E-state index in [0.717, 1.165) is 40.1 Å². The zero-order valence-corrected chi connectivity index (χ0v) is 13.2. The van der Waals surface area contributed by atoms with E-state index in [1.165, 1.54) is 0 Å². The summed E-state index contributed by atoms with van der Waals surface area (Å²) in [5.41, 5.74) is 11.0. The number of H-pyrrole nitrogens is 1. The topological polar surface area (TPSA) is 87.7 Å². The van der Waals surface area contributed by atoms with Crippen LogP contribution >= 0.6 is 0 Å². The molecule has 1 unspecified atom stereocenters. The van der Waals surface area contributed by atoms with Crippen molar-refractivity contribution in [3.8, 4) is 34.2 Å². The summed E-state index contributed by atoms with van der Waals surface area (Å²) < 4.78 is 5.75. The van der Waals surface area contributed by atoms with Crippen LogP contribution in [0.1, 0.15) is 18.1 Å². The van der Waals surface area contributed by atoms with Gasteiger partial charge < -0.3 is 15.5 Å². The SMILES string of the molecule is CC1Cc2cc(-c3cc(-c4cc[nH]c4)nc(N)c3C#N)ccc2O1. The highest BCUT2D eigenvalue weighted by molar-refractivity contribution is 5.80. The molecule has 0 saturated carbocycles. The summed E-state index contributed by atoms with van der Waals surface area (Å²) >= 11 is 0. The molecular weight excluding hydrogens is 300 g/mol. The molecular formula is C19H16N4O. The molecule has 118 valence electrons. The molecule has 0 amide bonds. The molecule has 3 aromatic rings. The van der Waals surface area contributed by atoms with Gasteiger partial charge in [0, 0.05) is 29.9 Å². The van der Waals surface area contributed by atoms with Crippen LogP contribution in [0.3, 0.4) is 0 Å². The number of ether oxygens (including phenoxy) is 1. The number of nitrogens with zero attached hydrogens (tertiary/aromatic N) is 2. The Balaban J connectivity index is 1.88. The van der Waals surface area contributed by atoms with Crippen LogP contribution in [-0.4, -0.2) is 16.1 Å². The van der Waals surface area contributed by atoms with Gasteiger partial charge in [-0.1, -0.05) is 6.07 Å². The van der Waals surface area contributed by atoms with Gasteiger partial charge in [-0.2, -0.15) is 5.26 Å². The van der Waals surface area contributed by atoms with E-state index in [0.29, 0.717) is 5.56 Å². The van der Waals surface area contributed by atoms with Crippen molar-refractivity contribution in [2.45, 2.75) is 19.4 Å². The highest BCUT2D eigenvalue weighted by Gasteiger charge is 2.21. The molecule has 0 fully saturated rings. The van der Waals surface area contributed by atoms with Crippen LogP contribution in [-0.2, 0) is 6.42 Å². The third-order valence-electron chi connectivity index (χ3n) is 4.26. The van der Waals surface area contributed by atoms with Crippen LogP contribution in [0, 0.1) is 11.3 Å². The van der Waals surface area contributed by atoms with Crippen LogP contribution in [0.5, 0.6) is 5.75 Å². The first-order chi connectivity index (χ1) is 11.7. The zero-order chi connectivity index (χ0) is 16.7. The lowest BCUT2D eigenvalue weighted by Gasteiger charge is -2.10. The van der Waals surface area contributed by atoms with Gasteiger partial charge in [-0.3, -0.25) is 0 Å². The van der Waals surface area contributed by atoms with Crippen molar-refractivity contribution in [2.24, 2.45) is 0 Å². The molecule has 1 aliphatic heterocycles. The van der Waals surface area contributed by atoms with E-state index in [4.69, 9.17) is 10.5 Å². The quantitative estimate of drug-likeness (QED) is 0.757. The second-order valence-corrected chi connectivity index (χ2v) is 5.98. The first-order valence-electron chi connectivity index (χ1n) is 7.79. The Kier molecular flexibility index (Phi) is 3.24. The molecule has 3 heterocycles. The molecule has 0 spiro atoms. The van der Waals surface area contributed by atoms with E-state index < -0.39 is 0 Å². The van der Waals surface area contributed by atoms with Crippen molar-refractivity contribution in [3.63, 3.8) is 0 Å². The Morgan fingerprint density at radius 2 is 2.17 bits per heavy atom. The highest BCUT2D eigenvalue weighted by atomic mass is 16.5. The number of aromatic nitrogens is 2. The fourth-order valence-corrected chi connectivity index (χ4v) is 3.13. The number of fused-ring (bicyclic) bond motifs is 1. The summed E-state index contributed by atoms with van der Waals surface area (Å²) in [6, 6.07) is 12.0. The molecule has 5 heteroatoms. The van der Waals surface area contributed by atoms with Gasteiger partial charge >= 0.3 is 0 Å². The van der Waals surface area contributed by atoms with Gasteiger partial charge in [-0.15, -0.1) is 0 Å². The molecule has 24 heavy (non-hydrogen) atoms. The van der Waals surface area contributed by atoms with Crippen molar-refractivity contribution in [1.29, 1.82) is 5.26 Å². The van der Waals surface area contributed by atoms with Gasteiger partial charge in [0.2, 0.25) is 0 Å². The molecule has 3 N–H and O–H groups in total. The molecule has 1 aliphatic rings. The van der Waals surface area contributed by atoms with Gasteiger partial charge in [0.25, 0.3) is 0 Å². The molecule has 0 bridgehead atoms. The summed E-state index contributed by atoms with van der Waals surface area (Å²) in [6.45, 7) is 2.05. The lowest BCUT2D eigenvalue weighted by atomic mass is 9.96. The number of rotatable bonds is 2. The van der Waals surface area contributed by atoms with E-state index in [-0.39, 0.29) is 11.9 Å². The summed E-state index contributed by atoms with van der Waals surface area (Å²) in [6.07, 6.45) is 4.74. The van der Waals surface area contributed by atoms with Gasteiger partial charge in [-0.05, 0) is 42.3 Å². The van der Waals surface area contributed by atoms with Gasteiger partial charge in [0.15, 0.2) is 0 Å². The van der Waals surface area contributed by atoms with Crippen molar-refractivity contribution < 1.29 is 4.74 Å². The van der Waals surface area contributed by atoms with Gasteiger partial charge in [-0.25, -0.2) is 4.98 Å². The Morgan fingerprint density at radius 3 is 2.92 bits per heavy atom. The minimum atomic E-state index is 0.184. The van der Waals surface area contributed by atoms with Crippen LogP contribution in [0.2, 0.25) is 0 Å². The maximum atomic E-state index is 9.52. The largest absolute Gasteiger partial charge is 0.490 e. The first kappa shape index (κ1) is 14.3. The first-order valence-corrected chi connectivity index (χ1v) is 7.79. The molecule has 0 radical (unpaired) electrons. The summed E-state index contributed by atoms with van der Waals surface area (Å²) in [5, 5.41) is 9.52. The fraction of sp³-hybridized carbons (Fsp3) is 0.158. The predicted octanol–water partition coefficient (Wildman–Crippen LogP) is 3.52. The number of hydrogen-bond acceptors (Lipinski definition) is 4. The lowest BCUT2D eigenvalue weighted by molar-refractivity contribution is 0.254. The maximum absolute atomic E-state index is 9.52. The third-order valence-corrected chi connectivity index (χ3v) is 4.26. The van der Waals surface area contributed by atoms with Gasteiger partial charge in [0.05, 0.1) is 5.69 Å². The number of pyridine rings is 1. The summed E-state index contributed by atoms with van der Waals surface area (Å²) in [4.78, 5) is 7.38. The number of nitriles is 1. The van der Waals surface area contributed by atoms with Crippen LogP contribution in [0.25, 0.3) is 22.4 Å². The van der Waals surface area contributed by atoms with E-state index in [1.807, 2.05) is 36.7 Å². The molecule has 4 rings (SSSR count). The van der Waals surface area contributed by atoms with Crippen LogP contribution < -0.4 is 10.5 Å². The predicted molar refractivity (Wildman–Crippen MR) is 92.4 cm³/mol. The standard InChI is InChI=1S/C19H16N4O/c1-11-6-14-7-12(2-3-18(14)24-11)15-8-17(13-4-5-22-10-13)23-19(21)16(15)9-20/h2-5,7-8,10-11,22H,6H2,1H3,(H2,21,23). The molecule has 1 aromatic carbocycles. The number of aromatic amines is 1. The van der Waals surface area contributed by atoms with Crippen LogP contribution in [0.4, 0.5) is 5.82 Å². The minimum Gasteiger partial charge on any atom is -0.490 e. The smallest absolute Gasteiger partial charge is 0.142 e. The molecule has 0 saturated heterocycles. The number of nitrogens with one attached hydrogen (secondary N) is 1. The Labute approximate surface area is 139 Å². The van der Waals surface area contributed by atoms with E-state index >= 15 is 0 Å². The Hall–Kier alpha value is -3.26. The average molecular weight is 316 g/mol. The number of anilines is 1. The van der Waals surface area contributed by atoms with E-state index in [1.54, 1.807) is 0 Å². The molecule has 1 atom stereocenters. The Morgan fingerprint density at radius 1 is 1.29 bits per heavy atom. The summed E-state index contributed by atoms with van der Waals surface area (Å²) in [5.74, 6) is 1.16. The maximum Gasteiger partial charge on any atom is 0.142 e. The van der Waals surface area contributed by atoms with Crippen molar-refractivity contribution in [2.75, 3.05) is 5.73 Å². The van der Waals surface area contributed by atoms with Crippen molar-refractivity contribution in [1.82, 2.24) is 9.97 Å². The molecule has 0 aliphatic carbocycles. The number of nitrogens with two attached hydrogens (primary N) is 1. The second-order valence-electron chi connectivity index (χ2n) is 5.98. The van der Waals surface area contributed by atoms with E-state index in [9.17, 15) is 5.26 Å². The number of nitrogen functional groups attached to an aromatic ring is 1. The van der Waals surface area contributed by atoms with Crippen LogP contribution in [0.15, 0.2) is 42.7 Å². The Bertz CT molecular complexity index is 954. The van der Waals surface area contributed by atoms with Crippen molar-refractivity contribution in [3.05, 3.63) is 53.9 Å². The zero-order valence-electron chi connectivity index (χ0n) is 13.2. The average Bonchev–Trinajstić information content (AvgIpc) is 3.21. The van der Waals surface area contributed by atoms with Gasteiger partial charge in [0.1, 0.15) is 29.3 Å². The normalized spacial score (nSPS) is 15.6. The molecule has 5 nitrogen and oxygen atoms in total. The van der Waals surface area contributed by atoms with Crippen molar-refractivity contribution >= 4 is 5.82 Å². The fourth-order valence-electron chi connectivity index (χ4n) is 3.13. The minimum absolute atomic E-state index is 0.184. The molecule has 2 aromatic heterocycles. The van der Waals surface area contributed by atoms with E-state index in [2.05, 4.69) is 29.0 Å².